The van der Waals surface area contributed by atoms with Crippen LogP contribution in [0, 0.1) is 0 Å². The fourth-order valence-corrected chi connectivity index (χ4v) is 1.81. The Kier molecular flexibility index (Phi) is 4.95. The van der Waals surface area contributed by atoms with Crippen LogP contribution >= 0.6 is 11.6 Å². The van der Waals surface area contributed by atoms with Crippen LogP contribution in [-0.4, -0.2) is 59.9 Å². The van der Waals surface area contributed by atoms with Gasteiger partial charge in [0.1, 0.15) is 0 Å². The first-order valence-corrected chi connectivity index (χ1v) is 6.50. The normalized spacial score (nSPS) is 11.4. The first kappa shape index (κ1) is 14.0. The average Bonchev–Trinajstić information content (AvgIpc) is 2.78. The molecule has 7 heteroatoms. The Morgan fingerprint density at radius 1 is 1.42 bits per heavy atom. The zero-order valence-electron chi connectivity index (χ0n) is 11.1. The topological polar surface area (TPSA) is 54.7 Å². The van der Waals surface area contributed by atoms with Crippen molar-refractivity contribution >= 4 is 23.2 Å². The molecule has 0 bridgehead atoms. The molecular weight excluding hydrogens is 266 g/mol. The number of aromatic nitrogens is 3. The molecule has 2 aromatic heterocycles. The van der Waals surface area contributed by atoms with Gasteiger partial charge in [0, 0.05) is 32.9 Å². The van der Waals surface area contributed by atoms with Crippen LogP contribution in [0.3, 0.4) is 0 Å². The predicted molar refractivity (Wildman–Crippen MR) is 75.9 cm³/mol. The maximum Gasteiger partial charge on any atom is 0.243 e. The second-order valence-electron chi connectivity index (χ2n) is 4.31. The van der Waals surface area contributed by atoms with Crippen molar-refractivity contribution < 1.29 is 4.74 Å². The van der Waals surface area contributed by atoms with Crippen molar-refractivity contribution in [2.24, 2.45) is 0 Å². The molecule has 0 atom stereocenters. The van der Waals surface area contributed by atoms with E-state index in [2.05, 4.69) is 27.3 Å². The molecule has 19 heavy (non-hydrogen) atoms. The van der Waals surface area contributed by atoms with Crippen LogP contribution in [0.1, 0.15) is 0 Å². The number of ether oxygens (including phenoxy) is 1. The van der Waals surface area contributed by atoms with E-state index in [0.29, 0.717) is 11.0 Å². The van der Waals surface area contributed by atoms with Crippen molar-refractivity contribution in [2.75, 3.05) is 45.7 Å². The number of nitrogens with one attached hydrogen (secondary N) is 1. The molecule has 6 nitrogen and oxygen atoms in total. The highest BCUT2D eigenvalue weighted by molar-refractivity contribution is 6.30. The van der Waals surface area contributed by atoms with E-state index in [9.17, 15) is 0 Å². The second-order valence-corrected chi connectivity index (χ2v) is 4.74. The fourth-order valence-electron chi connectivity index (χ4n) is 1.65. The molecule has 0 aliphatic rings. The van der Waals surface area contributed by atoms with Gasteiger partial charge in [-0.25, -0.2) is 4.52 Å². The first-order chi connectivity index (χ1) is 9.19. The minimum Gasteiger partial charge on any atom is -0.383 e. The zero-order chi connectivity index (χ0) is 13.7. The monoisotopic (exact) mass is 283 g/mol. The summed E-state index contributed by atoms with van der Waals surface area (Å²) in [6.07, 6.45) is 1.74. The third-order valence-corrected chi connectivity index (χ3v) is 2.97. The second kappa shape index (κ2) is 6.70. The highest BCUT2D eigenvalue weighted by Gasteiger charge is 2.03. The summed E-state index contributed by atoms with van der Waals surface area (Å²) in [5, 5.41) is 8.13. The summed E-state index contributed by atoms with van der Waals surface area (Å²) >= 11 is 5.89. The van der Waals surface area contributed by atoms with Gasteiger partial charge in [-0.2, -0.15) is 4.98 Å². The molecule has 0 aromatic carbocycles. The van der Waals surface area contributed by atoms with E-state index in [4.69, 9.17) is 16.3 Å². The molecule has 0 saturated heterocycles. The summed E-state index contributed by atoms with van der Waals surface area (Å²) in [4.78, 5) is 6.54. The molecule has 2 rings (SSSR count). The molecule has 0 spiro atoms. The molecule has 0 aliphatic heterocycles. The lowest BCUT2D eigenvalue weighted by molar-refractivity contribution is 0.163. The Bertz CT molecular complexity index is 530. The van der Waals surface area contributed by atoms with E-state index in [1.807, 2.05) is 6.07 Å². The number of rotatable bonds is 7. The van der Waals surface area contributed by atoms with Crippen molar-refractivity contribution in [3.63, 3.8) is 0 Å². The first-order valence-electron chi connectivity index (χ1n) is 6.12. The number of nitrogens with zero attached hydrogens (tertiary/aromatic N) is 4. The number of fused-ring (bicyclic) bond motifs is 1. The van der Waals surface area contributed by atoms with E-state index in [1.165, 1.54) is 0 Å². The van der Waals surface area contributed by atoms with E-state index in [1.54, 1.807) is 23.9 Å². The molecule has 104 valence electrons. The van der Waals surface area contributed by atoms with Gasteiger partial charge in [0.05, 0.1) is 11.6 Å². The van der Waals surface area contributed by atoms with E-state index in [0.717, 1.165) is 31.9 Å². The quantitative estimate of drug-likeness (QED) is 0.832. The maximum atomic E-state index is 5.89. The summed E-state index contributed by atoms with van der Waals surface area (Å²) in [5.74, 6) is 0.613. The van der Waals surface area contributed by atoms with Crippen LogP contribution in [0.25, 0.3) is 5.65 Å². The fraction of sp³-hybridized carbons (Fsp3) is 0.500. The third kappa shape index (κ3) is 4.05. The average molecular weight is 284 g/mol. The number of anilines is 1. The van der Waals surface area contributed by atoms with Gasteiger partial charge in [-0.1, -0.05) is 11.6 Å². The minimum absolute atomic E-state index is 0.613. The smallest absolute Gasteiger partial charge is 0.243 e. The summed E-state index contributed by atoms with van der Waals surface area (Å²) < 4.78 is 6.69. The van der Waals surface area contributed by atoms with Gasteiger partial charge < -0.3 is 15.0 Å². The highest BCUT2D eigenvalue weighted by atomic mass is 35.5. The molecular formula is C12H18ClN5O. The summed E-state index contributed by atoms with van der Waals surface area (Å²) in [7, 11) is 3.76. The number of halogens is 1. The highest BCUT2D eigenvalue weighted by Crippen LogP contribution is 2.11. The molecule has 0 unspecified atom stereocenters. The molecule has 0 saturated carbocycles. The van der Waals surface area contributed by atoms with Gasteiger partial charge in [-0.05, 0) is 19.2 Å². The van der Waals surface area contributed by atoms with Crippen molar-refractivity contribution in [3.8, 4) is 0 Å². The number of likely N-dealkylation sites (N-methyl/N-ethyl adjacent to an activating group) is 1. The van der Waals surface area contributed by atoms with Crippen LogP contribution < -0.4 is 5.32 Å². The molecule has 0 radical (unpaired) electrons. The Hall–Kier alpha value is -1.37. The van der Waals surface area contributed by atoms with E-state index < -0.39 is 0 Å². The standard InChI is InChI=1S/C12H18ClN5O/c1-17(7-8-19-2)6-5-14-12-15-11-4-3-10(13)9-18(11)16-12/h3-4,9H,5-8H2,1-2H3,(H,14,16). The molecule has 2 aromatic rings. The largest absolute Gasteiger partial charge is 0.383 e. The zero-order valence-corrected chi connectivity index (χ0v) is 11.9. The molecule has 0 fully saturated rings. The van der Waals surface area contributed by atoms with Crippen LogP contribution in [0.15, 0.2) is 18.3 Å². The number of hydrogen-bond donors (Lipinski definition) is 1. The van der Waals surface area contributed by atoms with Gasteiger partial charge in [0.15, 0.2) is 5.65 Å². The van der Waals surface area contributed by atoms with Gasteiger partial charge in [-0.15, -0.1) is 5.10 Å². The number of pyridine rings is 1. The van der Waals surface area contributed by atoms with E-state index in [-0.39, 0.29) is 0 Å². The number of methoxy groups -OCH3 is 1. The van der Waals surface area contributed by atoms with Crippen LogP contribution in [0.5, 0.6) is 0 Å². The SMILES string of the molecule is COCCN(C)CCNc1nc2ccc(Cl)cn2n1. The van der Waals surface area contributed by atoms with Gasteiger partial charge in [0.25, 0.3) is 0 Å². The van der Waals surface area contributed by atoms with Crippen molar-refractivity contribution in [2.45, 2.75) is 0 Å². The lowest BCUT2D eigenvalue weighted by Crippen LogP contribution is -2.28. The van der Waals surface area contributed by atoms with Crippen LogP contribution in [0.4, 0.5) is 5.95 Å². The lowest BCUT2D eigenvalue weighted by atomic mass is 10.5. The predicted octanol–water partition coefficient (Wildman–Crippen LogP) is 1.37. The Morgan fingerprint density at radius 2 is 2.26 bits per heavy atom. The van der Waals surface area contributed by atoms with Crippen molar-refractivity contribution in [3.05, 3.63) is 23.4 Å². The third-order valence-electron chi connectivity index (χ3n) is 2.75. The number of hydrogen-bond acceptors (Lipinski definition) is 5. The maximum absolute atomic E-state index is 5.89. The molecule has 0 aliphatic carbocycles. The van der Waals surface area contributed by atoms with Crippen molar-refractivity contribution in [1.82, 2.24) is 19.5 Å². The van der Waals surface area contributed by atoms with E-state index >= 15 is 0 Å². The Labute approximate surface area is 117 Å². The Morgan fingerprint density at radius 3 is 3.05 bits per heavy atom. The molecule has 1 N–H and O–H groups in total. The summed E-state index contributed by atoms with van der Waals surface area (Å²) in [5.41, 5.74) is 0.777. The van der Waals surface area contributed by atoms with Crippen LogP contribution in [-0.2, 0) is 4.74 Å². The molecule has 0 amide bonds. The summed E-state index contributed by atoms with van der Waals surface area (Å²) in [6, 6.07) is 3.64. The van der Waals surface area contributed by atoms with Crippen LogP contribution in [0.2, 0.25) is 5.02 Å². The van der Waals surface area contributed by atoms with Crippen molar-refractivity contribution in [1.29, 1.82) is 0 Å². The lowest BCUT2D eigenvalue weighted by Gasteiger charge is -2.15. The Balaban J connectivity index is 1.84. The summed E-state index contributed by atoms with van der Waals surface area (Å²) in [6.45, 7) is 3.33. The van der Waals surface area contributed by atoms with Gasteiger partial charge >= 0.3 is 0 Å². The van der Waals surface area contributed by atoms with Gasteiger partial charge in [-0.3, -0.25) is 0 Å². The molecule has 2 heterocycles. The van der Waals surface area contributed by atoms with Gasteiger partial charge in [0.2, 0.25) is 5.95 Å². The minimum atomic E-state index is 0.613.